The van der Waals surface area contributed by atoms with Crippen LogP contribution in [-0.4, -0.2) is 31.2 Å². The van der Waals surface area contributed by atoms with Crippen LogP contribution in [0.1, 0.15) is 26.7 Å². The summed E-state index contributed by atoms with van der Waals surface area (Å²) in [4.78, 5) is 36.5. The minimum atomic E-state index is -0.637. The summed E-state index contributed by atoms with van der Waals surface area (Å²) in [6, 6.07) is 17.3. The molecule has 2 aromatic carbocycles. The SMILES string of the molecule is CCC(C)C(CC(=O)Oc1ccccc1)C(=O)OCCNC(=O)Oc1ccccc1. The molecular weight excluding hydrogens is 386 g/mol. The molecule has 0 aliphatic carbocycles. The van der Waals surface area contributed by atoms with E-state index in [0.29, 0.717) is 17.9 Å². The zero-order valence-electron chi connectivity index (χ0n) is 17.2. The molecule has 0 aliphatic heterocycles. The summed E-state index contributed by atoms with van der Waals surface area (Å²) in [5, 5.41) is 2.51. The van der Waals surface area contributed by atoms with Gasteiger partial charge in [0, 0.05) is 0 Å². The van der Waals surface area contributed by atoms with Gasteiger partial charge < -0.3 is 19.5 Å². The first-order valence-electron chi connectivity index (χ1n) is 9.92. The first-order chi connectivity index (χ1) is 14.5. The van der Waals surface area contributed by atoms with Crippen LogP contribution in [0.3, 0.4) is 0 Å². The van der Waals surface area contributed by atoms with Gasteiger partial charge in [0.05, 0.1) is 18.9 Å². The summed E-state index contributed by atoms with van der Waals surface area (Å²) in [6.45, 7) is 3.90. The Morgan fingerprint density at radius 1 is 0.900 bits per heavy atom. The lowest BCUT2D eigenvalue weighted by atomic mass is 9.89. The van der Waals surface area contributed by atoms with Crippen molar-refractivity contribution in [2.24, 2.45) is 11.8 Å². The summed E-state index contributed by atoms with van der Waals surface area (Å²) < 4.78 is 15.6. The molecule has 1 N–H and O–H groups in total. The lowest BCUT2D eigenvalue weighted by Crippen LogP contribution is -2.33. The number of benzene rings is 2. The van der Waals surface area contributed by atoms with E-state index in [0.717, 1.165) is 0 Å². The smallest absolute Gasteiger partial charge is 0.412 e. The van der Waals surface area contributed by atoms with Gasteiger partial charge in [0.1, 0.15) is 18.1 Å². The second-order valence-corrected chi connectivity index (χ2v) is 6.78. The molecule has 30 heavy (non-hydrogen) atoms. The summed E-state index contributed by atoms with van der Waals surface area (Å²) in [5.41, 5.74) is 0. The zero-order valence-corrected chi connectivity index (χ0v) is 17.2. The average molecular weight is 413 g/mol. The van der Waals surface area contributed by atoms with Crippen molar-refractivity contribution in [3.05, 3.63) is 60.7 Å². The van der Waals surface area contributed by atoms with E-state index < -0.39 is 23.9 Å². The van der Waals surface area contributed by atoms with Gasteiger partial charge in [-0.1, -0.05) is 56.7 Å². The Morgan fingerprint density at radius 3 is 2.03 bits per heavy atom. The van der Waals surface area contributed by atoms with Crippen molar-refractivity contribution in [2.75, 3.05) is 13.2 Å². The molecule has 0 heterocycles. The van der Waals surface area contributed by atoms with Crippen molar-refractivity contribution < 1.29 is 28.6 Å². The molecule has 7 heteroatoms. The lowest BCUT2D eigenvalue weighted by Gasteiger charge is -2.20. The standard InChI is InChI=1S/C23H27NO6/c1-3-17(2)20(16-21(25)29-18-10-6-4-7-11-18)22(26)28-15-14-24-23(27)30-19-12-8-5-9-13-19/h4-13,17,20H,3,14-16H2,1-2H3,(H,24,27). The molecule has 7 nitrogen and oxygen atoms in total. The van der Waals surface area contributed by atoms with Crippen molar-refractivity contribution in [1.29, 1.82) is 0 Å². The fraction of sp³-hybridized carbons (Fsp3) is 0.348. The molecule has 0 aliphatic rings. The molecule has 2 rings (SSSR count). The second kappa shape index (κ2) is 12.3. The molecule has 1 amide bonds. The van der Waals surface area contributed by atoms with Crippen LogP contribution in [0.2, 0.25) is 0 Å². The van der Waals surface area contributed by atoms with Crippen molar-refractivity contribution >= 4 is 18.0 Å². The summed E-state index contributed by atoms with van der Waals surface area (Å²) in [7, 11) is 0. The number of amides is 1. The number of hydrogen-bond acceptors (Lipinski definition) is 6. The molecule has 0 aromatic heterocycles. The number of ether oxygens (including phenoxy) is 3. The lowest BCUT2D eigenvalue weighted by molar-refractivity contribution is -0.154. The van der Waals surface area contributed by atoms with Gasteiger partial charge in [0.15, 0.2) is 0 Å². The molecule has 0 radical (unpaired) electrons. The number of carbonyl (C=O) groups is 3. The molecule has 0 spiro atoms. The Morgan fingerprint density at radius 2 is 1.47 bits per heavy atom. The minimum Gasteiger partial charge on any atom is -0.464 e. The monoisotopic (exact) mass is 413 g/mol. The predicted octanol–water partition coefficient (Wildman–Crippen LogP) is 3.98. The van der Waals surface area contributed by atoms with E-state index in [1.807, 2.05) is 26.0 Å². The maximum atomic E-state index is 12.5. The molecule has 2 unspecified atom stereocenters. The van der Waals surface area contributed by atoms with Crippen LogP contribution in [0, 0.1) is 11.8 Å². The summed E-state index contributed by atoms with van der Waals surface area (Å²) in [6.07, 6.45) is -0.00569. The Bertz CT molecular complexity index is 809. The highest BCUT2D eigenvalue weighted by Crippen LogP contribution is 2.22. The van der Waals surface area contributed by atoms with Gasteiger partial charge in [-0.15, -0.1) is 0 Å². The zero-order chi connectivity index (χ0) is 21.8. The van der Waals surface area contributed by atoms with Crippen LogP contribution < -0.4 is 14.8 Å². The molecule has 160 valence electrons. The summed E-state index contributed by atoms with van der Waals surface area (Å²) in [5.74, 6) is -0.819. The number of rotatable bonds is 10. The van der Waals surface area contributed by atoms with E-state index in [4.69, 9.17) is 14.2 Å². The van der Waals surface area contributed by atoms with Crippen LogP contribution in [0.4, 0.5) is 4.79 Å². The molecule has 0 bridgehead atoms. The number of para-hydroxylation sites is 2. The second-order valence-electron chi connectivity index (χ2n) is 6.78. The van der Waals surface area contributed by atoms with Crippen molar-refractivity contribution in [2.45, 2.75) is 26.7 Å². The third kappa shape index (κ3) is 7.95. The van der Waals surface area contributed by atoms with Gasteiger partial charge in [-0.3, -0.25) is 9.59 Å². The maximum absolute atomic E-state index is 12.5. The van der Waals surface area contributed by atoms with Crippen molar-refractivity contribution in [1.82, 2.24) is 5.32 Å². The van der Waals surface area contributed by atoms with Crippen molar-refractivity contribution in [3.8, 4) is 11.5 Å². The Labute approximate surface area is 176 Å². The van der Waals surface area contributed by atoms with E-state index >= 15 is 0 Å². The van der Waals surface area contributed by atoms with Gasteiger partial charge in [-0.25, -0.2) is 4.79 Å². The number of nitrogens with one attached hydrogen (secondary N) is 1. The minimum absolute atomic E-state index is 0.0244. The van der Waals surface area contributed by atoms with E-state index in [1.165, 1.54) is 0 Å². The van der Waals surface area contributed by atoms with E-state index in [9.17, 15) is 14.4 Å². The molecule has 0 saturated heterocycles. The fourth-order valence-corrected chi connectivity index (χ4v) is 2.69. The van der Waals surface area contributed by atoms with Crippen LogP contribution in [-0.2, 0) is 14.3 Å². The Kier molecular flexibility index (Phi) is 9.37. The highest BCUT2D eigenvalue weighted by molar-refractivity contribution is 5.81. The highest BCUT2D eigenvalue weighted by atomic mass is 16.6. The number of hydrogen-bond donors (Lipinski definition) is 1. The van der Waals surface area contributed by atoms with E-state index in [1.54, 1.807) is 48.5 Å². The van der Waals surface area contributed by atoms with Gasteiger partial charge in [-0.05, 0) is 30.2 Å². The van der Waals surface area contributed by atoms with E-state index in [-0.39, 0.29) is 25.5 Å². The maximum Gasteiger partial charge on any atom is 0.412 e. The quantitative estimate of drug-likeness (QED) is 0.360. The fourth-order valence-electron chi connectivity index (χ4n) is 2.69. The van der Waals surface area contributed by atoms with Crippen LogP contribution >= 0.6 is 0 Å². The number of carbonyl (C=O) groups excluding carboxylic acids is 3. The summed E-state index contributed by atoms with van der Waals surface area (Å²) >= 11 is 0. The van der Waals surface area contributed by atoms with Gasteiger partial charge in [-0.2, -0.15) is 0 Å². The highest BCUT2D eigenvalue weighted by Gasteiger charge is 2.29. The average Bonchev–Trinajstić information content (AvgIpc) is 2.75. The predicted molar refractivity (Wildman–Crippen MR) is 111 cm³/mol. The van der Waals surface area contributed by atoms with Gasteiger partial charge in [0.25, 0.3) is 0 Å². The van der Waals surface area contributed by atoms with Crippen LogP contribution in [0.25, 0.3) is 0 Å². The largest absolute Gasteiger partial charge is 0.464 e. The van der Waals surface area contributed by atoms with Crippen LogP contribution in [0.5, 0.6) is 11.5 Å². The molecule has 2 aromatic rings. The van der Waals surface area contributed by atoms with Gasteiger partial charge >= 0.3 is 18.0 Å². The normalized spacial score (nSPS) is 12.3. The molecule has 0 fully saturated rings. The Balaban J connectivity index is 1.77. The van der Waals surface area contributed by atoms with E-state index in [2.05, 4.69) is 5.32 Å². The molecule has 0 saturated carbocycles. The van der Waals surface area contributed by atoms with Crippen LogP contribution in [0.15, 0.2) is 60.7 Å². The number of esters is 2. The first kappa shape index (κ1) is 22.9. The Hall–Kier alpha value is -3.35. The topological polar surface area (TPSA) is 90.9 Å². The van der Waals surface area contributed by atoms with Gasteiger partial charge in [0.2, 0.25) is 0 Å². The van der Waals surface area contributed by atoms with Crippen molar-refractivity contribution in [3.63, 3.8) is 0 Å². The third-order valence-corrected chi connectivity index (χ3v) is 4.56. The molecule has 2 atom stereocenters. The first-order valence-corrected chi connectivity index (χ1v) is 9.92. The third-order valence-electron chi connectivity index (χ3n) is 4.56. The molecular formula is C23H27NO6.